The minimum absolute atomic E-state index is 0.000582. The Morgan fingerprint density at radius 3 is 2.47 bits per heavy atom. The van der Waals surface area contributed by atoms with E-state index in [-0.39, 0.29) is 45.6 Å². The summed E-state index contributed by atoms with van der Waals surface area (Å²) in [5, 5.41) is 7.89. The van der Waals surface area contributed by atoms with Crippen LogP contribution in [0.15, 0.2) is 30.3 Å². The Bertz CT molecular complexity index is 1290. The quantitative estimate of drug-likeness (QED) is 0.556. The summed E-state index contributed by atoms with van der Waals surface area (Å²) in [6, 6.07) is 5.97. The Kier molecular flexibility index (Phi) is 5.41. The van der Waals surface area contributed by atoms with E-state index >= 15 is 4.39 Å². The van der Waals surface area contributed by atoms with Crippen molar-refractivity contribution in [1.29, 1.82) is 0 Å². The minimum atomic E-state index is -4.71. The van der Waals surface area contributed by atoms with Crippen molar-refractivity contribution in [1.82, 2.24) is 14.8 Å². The molecule has 1 aromatic heterocycles. The molecule has 0 spiro atoms. The van der Waals surface area contributed by atoms with Crippen molar-refractivity contribution >= 4 is 5.91 Å². The number of hydrogen-bond donors (Lipinski definition) is 1. The van der Waals surface area contributed by atoms with Crippen LogP contribution in [0.4, 0.5) is 17.6 Å². The highest BCUT2D eigenvalue weighted by molar-refractivity contribution is 5.94. The van der Waals surface area contributed by atoms with Crippen LogP contribution in [0.1, 0.15) is 40.4 Å². The van der Waals surface area contributed by atoms with Crippen LogP contribution < -0.4 is 19.9 Å². The summed E-state index contributed by atoms with van der Waals surface area (Å²) in [5.74, 6) is -0.883. The molecule has 0 fully saturated rings. The molecule has 0 radical (unpaired) electrons. The largest absolute Gasteiger partial charge is 0.497 e. The Hall–Kier alpha value is -3.83. The number of carbonyl (C=O) groups excluding carboxylic acids is 1. The van der Waals surface area contributed by atoms with Gasteiger partial charge in [-0.2, -0.15) is 13.2 Å². The summed E-state index contributed by atoms with van der Waals surface area (Å²) in [7, 11) is 3.98. The molecule has 3 aromatic rings. The molecule has 1 amide bonds. The topological polar surface area (TPSA) is 101 Å². The maximum absolute atomic E-state index is 15.8. The maximum atomic E-state index is 15.8. The maximum Gasteiger partial charge on any atom is 0.417 e. The van der Waals surface area contributed by atoms with E-state index in [1.54, 1.807) is 0 Å². The van der Waals surface area contributed by atoms with Gasteiger partial charge in [-0.15, -0.1) is 10.2 Å². The fourth-order valence-corrected chi connectivity index (χ4v) is 4.01. The Morgan fingerprint density at radius 1 is 1.18 bits per heavy atom. The van der Waals surface area contributed by atoms with Crippen LogP contribution in [0.25, 0.3) is 11.4 Å². The van der Waals surface area contributed by atoms with E-state index in [4.69, 9.17) is 19.9 Å². The molecule has 0 saturated heterocycles. The molecule has 1 aliphatic heterocycles. The van der Waals surface area contributed by atoms with Gasteiger partial charge in [0.1, 0.15) is 5.75 Å². The summed E-state index contributed by atoms with van der Waals surface area (Å²) in [5.41, 5.74) is 2.31. The van der Waals surface area contributed by atoms with Gasteiger partial charge in [-0.1, -0.05) is 0 Å². The van der Waals surface area contributed by atoms with Crippen LogP contribution >= 0.6 is 0 Å². The van der Waals surface area contributed by atoms with Crippen molar-refractivity contribution in [2.75, 3.05) is 14.2 Å². The van der Waals surface area contributed by atoms with Crippen LogP contribution in [0.5, 0.6) is 17.2 Å². The normalized spacial score (nSPS) is 19.5. The lowest BCUT2D eigenvalue weighted by molar-refractivity contribution is -0.137. The first-order valence-electron chi connectivity index (χ1n) is 9.92. The molecule has 0 aliphatic carbocycles. The number of halogens is 4. The summed E-state index contributed by atoms with van der Waals surface area (Å²) in [6.07, 6.45) is -6.56. The number of rotatable bonds is 5. The summed E-state index contributed by atoms with van der Waals surface area (Å²) < 4.78 is 74.3. The third-order valence-electron chi connectivity index (χ3n) is 5.75. The zero-order valence-electron chi connectivity index (χ0n) is 18.5. The van der Waals surface area contributed by atoms with Gasteiger partial charge in [0.25, 0.3) is 0 Å². The van der Waals surface area contributed by atoms with E-state index in [0.29, 0.717) is 0 Å². The van der Waals surface area contributed by atoms with Gasteiger partial charge in [0, 0.05) is 23.7 Å². The molecule has 0 bridgehead atoms. The number of nitrogens with zero attached hydrogens (tertiary/aromatic N) is 3. The molecule has 1 aliphatic rings. The molecule has 2 heterocycles. The number of methoxy groups -OCH3 is 2. The molecule has 2 aromatic carbocycles. The number of amides is 1. The molecule has 34 heavy (non-hydrogen) atoms. The Balaban J connectivity index is 1.83. The number of nitrogens with two attached hydrogens (primary N) is 1. The molecular weight excluding hydrogens is 460 g/mol. The van der Waals surface area contributed by atoms with Crippen LogP contribution in [-0.4, -0.2) is 34.9 Å². The standard InChI is InChI=1S/C22H20F4N4O4/c1-21(17(23)13-7-10(18(27)31)8-15(33-4)16(13)34-21)20-29-28-19(30(20)2)12-6-5-11(32-3)9-14(12)22(24,25)26/h5-9,17H,1-4H3,(H2,27,31). The van der Waals surface area contributed by atoms with E-state index in [1.165, 1.54) is 57.0 Å². The van der Waals surface area contributed by atoms with Crippen molar-refractivity contribution in [2.24, 2.45) is 12.8 Å². The number of fused-ring (bicyclic) bond motifs is 1. The van der Waals surface area contributed by atoms with Gasteiger partial charge in [-0.05, 0) is 37.3 Å². The molecule has 12 heteroatoms. The van der Waals surface area contributed by atoms with Gasteiger partial charge < -0.3 is 24.5 Å². The van der Waals surface area contributed by atoms with Crippen molar-refractivity contribution in [2.45, 2.75) is 24.9 Å². The smallest absolute Gasteiger partial charge is 0.417 e. The number of primary amides is 1. The van der Waals surface area contributed by atoms with Gasteiger partial charge >= 0.3 is 6.18 Å². The highest BCUT2D eigenvalue weighted by Gasteiger charge is 2.52. The minimum Gasteiger partial charge on any atom is -0.497 e. The van der Waals surface area contributed by atoms with E-state index in [9.17, 15) is 18.0 Å². The van der Waals surface area contributed by atoms with Gasteiger partial charge in [0.15, 0.2) is 29.3 Å². The molecule has 4 rings (SSSR count). The third kappa shape index (κ3) is 3.49. The van der Waals surface area contributed by atoms with Crippen LogP contribution in [0.3, 0.4) is 0 Å². The van der Waals surface area contributed by atoms with Crippen LogP contribution in [0.2, 0.25) is 0 Å². The van der Waals surface area contributed by atoms with E-state index in [2.05, 4.69) is 10.2 Å². The number of benzene rings is 2. The lowest BCUT2D eigenvalue weighted by Gasteiger charge is -2.25. The first-order valence-corrected chi connectivity index (χ1v) is 9.92. The monoisotopic (exact) mass is 480 g/mol. The van der Waals surface area contributed by atoms with Gasteiger partial charge in [-0.3, -0.25) is 4.79 Å². The van der Waals surface area contributed by atoms with Crippen molar-refractivity contribution < 1.29 is 36.6 Å². The summed E-state index contributed by atoms with van der Waals surface area (Å²) in [6.45, 7) is 1.38. The number of hydrogen-bond acceptors (Lipinski definition) is 6. The lowest BCUT2D eigenvalue weighted by Crippen LogP contribution is -2.33. The average molecular weight is 480 g/mol. The fourth-order valence-electron chi connectivity index (χ4n) is 4.01. The number of carbonyl (C=O) groups is 1. The first kappa shape index (κ1) is 23.3. The van der Waals surface area contributed by atoms with Gasteiger partial charge in [-0.25, -0.2) is 4.39 Å². The van der Waals surface area contributed by atoms with Crippen molar-refractivity contribution in [3.05, 3.63) is 52.8 Å². The Morgan fingerprint density at radius 2 is 1.88 bits per heavy atom. The summed E-state index contributed by atoms with van der Waals surface area (Å²) in [4.78, 5) is 11.7. The first-order chi connectivity index (χ1) is 15.9. The second-order valence-corrected chi connectivity index (χ2v) is 7.85. The predicted octanol–water partition coefficient (Wildman–Crippen LogP) is 3.94. The second-order valence-electron chi connectivity index (χ2n) is 7.85. The SMILES string of the molecule is COc1ccc(-c2nnc(C3(C)Oc4c(OC)cc(C(N)=O)cc4C3F)n2C)c(C(F)(F)F)c1. The summed E-state index contributed by atoms with van der Waals surface area (Å²) >= 11 is 0. The number of alkyl halides is 4. The highest BCUT2D eigenvalue weighted by atomic mass is 19.4. The third-order valence-corrected chi connectivity index (χ3v) is 5.75. The number of aromatic nitrogens is 3. The molecule has 180 valence electrons. The van der Waals surface area contributed by atoms with Crippen molar-refractivity contribution in [3.8, 4) is 28.6 Å². The molecule has 2 N–H and O–H groups in total. The lowest BCUT2D eigenvalue weighted by atomic mass is 9.94. The van der Waals surface area contributed by atoms with Gasteiger partial charge in [0.2, 0.25) is 11.5 Å². The molecule has 0 saturated carbocycles. The molecule has 2 atom stereocenters. The van der Waals surface area contributed by atoms with Crippen LogP contribution in [0, 0.1) is 0 Å². The van der Waals surface area contributed by atoms with Gasteiger partial charge in [0.05, 0.1) is 19.8 Å². The fraction of sp³-hybridized carbons (Fsp3) is 0.318. The predicted molar refractivity (Wildman–Crippen MR) is 111 cm³/mol. The van der Waals surface area contributed by atoms with Crippen LogP contribution in [-0.2, 0) is 18.8 Å². The highest BCUT2D eigenvalue weighted by Crippen LogP contribution is 2.54. The van der Waals surface area contributed by atoms with E-state index < -0.39 is 29.4 Å². The van der Waals surface area contributed by atoms with E-state index in [1.807, 2.05) is 0 Å². The molecule has 2 unspecified atom stereocenters. The van der Waals surface area contributed by atoms with E-state index in [0.717, 1.165) is 6.07 Å². The zero-order valence-corrected chi connectivity index (χ0v) is 18.5. The number of ether oxygens (including phenoxy) is 3. The van der Waals surface area contributed by atoms with Crippen molar-refractivity contribution in [3.63, 3.8) is 0 Å². The average Bonchev–Trinajstić information content (AvgIpc) is 3.30. The zero-order chi connectivity index (χ0) is 25.0. The second kappa shape index (κ2) is 7.89. The Labute approximate surface area is 191 Å². The molecular formula is C22H20F4N4O4. The molecule has 8 nitrogen and oxygen atoms in total.